The second-order valence-electron chi connectivity index (χ2n) is 2.42. The number of hydrogen-bond acceptors (Lipinski definition) is 2. The number of hydrogen-bond donors (Lipinski definition) is 1. The first-order valence-corrected chi connectivity index (χ1v) is 3.50. The van der Waals surface area contributed by atoms with Gasteiger partial charge in [0.15, 0.2) is 0 Å². The summed E-state index contributed by atoms with van der Waals surface area (Å²) in [6, 6.07) is 0. The van der Waals surface area contributed by atoms with Crippen LogP contribution in [0.15, 0.2) is 12.5 Å². The Morgan fingerprint density at radius 1 is 1.50 bits per heavy atom. The van der Waals surface area contributed by atoms with Crippen molar-refractivity contribution < 1.29 is 0 Å². The minimum atomic E-state index is 0. The molecule has 0 saturated heterocycles. The summed E-state index contributed by atoms with van der Waals surface area (Å²) in [7, 11) is 1.97. The van der Waals surface area contributed by atoms with Crippen molar-refractivity contribution in [1.82, 2.24) is 9.55 Å². The molecule has 0 amide bonds. The lowest BCUT2D eigenvalue weighted by atomic mass is 10.2. The summed E-state index contributed by atoms with van der Waals surface area (Å²) in [5, 5.41) is 0. The highest BCUT2D eigenvalue weighted by Crippen LogP contribution is 1.96. The van der Waals surface area contributed by atoms with E-state index in [1.165, 1.54) is 0 Å². The van der Waals surface area contributed by atoms with Crippen molar-refractivity contribution in [3.8, 4) is 0 Å². The van der Waals surface area contributed by atoms with Gasteiger partial charge in [0.05, 0.1) is 12.0 Å². The van der Waals surface area contributed by atoms with Crippen molar-refractivity contribution in [2.24, 2.45) is 12.8 Å². The van der Waals surface area contributed by atoms with E-state index >= 15 is 0 Å². The normalized spacial score (nSPS) is 8.50. The molecule has 1 heterocycles. The molecular formula is C7H15Cl2N3. The Labute approximate surface area is 85.2 Å². The van der Waals surface area contributed by atoms with Gasteiger partial charge in [-0.25, -0.2) is 4.98 Å². The number of nitrogens with zero attached hydrogens (tertiary/aromatic N) is 2. The van der Waals surface area contributed by atoms with Crippen LogP contribution in [0.5, 0.6) is 0 Å². The minimum Gasteiger partial charge on any atom is -0.340 e. The van der Waals surface area contributed by atoms with E-state index < -0.39 is 0 Å². The van der Waals surface area contributed by atoms with Crippen molar-refractivity contribution in [3.63, 3.8) is 0 Å². The van der Waals surface area contributed by atoms with E-state index in [0.717, 1.165) is 25.1 Å². The van der Waals surface area contributed by atoms with Crippen LogP contribution >= 0.6 is 24.8 Å². The first-order chi connectivity index (χ1) is 4.83. The summed E-state index contributed by atoms with van der Waals surface area (Å²) in [4.78, 5) is 4.16. The Morgan fingerprint density at radius 2 is 2.17 bits per heavy atom. The summed E-state index contributed by atoms with van der Waals surface area (Å²) < 4.78 is 1.95. The van der Waals surface area contributed by atoms with E-state index in [1.54, 1.807) is 0 Å². The molecule has 0 aliphatic heterocycles. The fourth-order valence-corrected chi connectivity index (χ4v) is 0.879. The zero-order valence-electron chi connectivity index (χ0n) is 7.06. The lowest BCUT2D eigenvalue weighted by Gasteiger charge is -1.90. The van der Waals surface area contributed by atoms with Gasteiger partial charge in [-0.3, -0.25) is 0 Å². The SMILES string of the molecule is Cl.Cl.Cn1cnc(CCCN)c1. The van der Waals surface area contributed by atoms with Gasteiger partial charge in [0, 0.05) is 13.2 Å². The molecule has 1 rings (SSSR count). The molecule has 0 unspecified atom stereocenters. The van der Waals surface area contributed by atoms with Crippen molar-refractivity contribution in [2.75, 3.05) is 6.54 Å². The molecule has 0 fully saturated rings. The molecule has 0 aromatic carbocycles. The summed E-state index contributed by atoms with van der Waals surface area (Å²) in [5.74, 6) is 0. The van der Waals surface area contributed by atoms with Gasteiger partial charge in [-0.05, 0) is 19.4 Å². The number of aromatic nitrogens is 2. The molecule has 0 radical (unpaired) electrons. The predicted octanol–water partition coefficient (Wildman–Crippen LogP) is 1.15. The molecule has 3 nitrogen and oxygen atoms in total. The molecule has 0 atom stereocenters. The lowest BCUT2D eigenvalue weighted by molar-refractivity contribution is 0.814. The zero-order chi connectivity index (χ0) is 7.40. The first kappa shape index (κ1) is 14.3. The van der Waals surface area contributed by atoms with E-state index in [2.05, 4.69) is 4.98 Å². The largest absolute Gasteiger partial charge is 0.340 e. The molecular weight excluding hydrogens is 197 g/mol. The fraction of sp³-hybridized carbons (Fsp3) is 0.571. The fourth-order valence-electron chi connectivity index (χ4n) is 0.879. The van der Waals surface area contributed by atoms with Gasteiger partial charge in [0.25, 0.3) is 0 Å². The number of halogens is 2. The summed E-state index contributed by atoms with van der Waals surface area (Å²) >= 11 is 0. The number of imidazole rings is 1. The molecule has 72 valence electrons. The van der Waals surface area contributed by atoms with E-state index in [0.29, 0.717) is 0 Å². The van der Waals surface area contributed by atoms with Gasteiger partial charge in [-0.2, -0.15) is 0 Å². The van der Waals surface area contributed by atoms with Gasteiger partial charge >= 0.3 is 0 Å². The summed E-state index contributed by atoms with van der Waals surface area (Å²) in [6.45, 7) is 0.747. The average molecular weight is 212 g/mol. The van der Waals surface area contributed by atoms with Gasteiger partial charge in [-0.15, -0.1) is 24.8 Å². The third-order valence-corrected chi connectivity index (χ3v) is 1.40. The van der Waals surface area contributed by atoms with Crippen LogP contribution in [0.25, 0.3) is 0 Å². The molecule has 0 aliphatic carbocycles. The second kappa shape index (κ2) is 7.40. The lowest BCUT2D eigenvalue weighted by Crippen LogP contribution is -2.00. The van der Waals surface area contributed by atoms with Crippen LogP contribution in [0.3, 0.4) is 0 Å². The highest BCUT2D eigenvalue weighted by molar-refractivity contribution is 5.85. The van der Waals surface area contributed by atoms with Gasteiger partial charge in [-0.1, -0.05) is 0 Å². The highest BCUT2D eigenvalue weighted by Gasteiger charge is 1.93. The van der Waals surface area contributed by atoms with Crippen LogP contribution in [0, 0.1) is 0 Å². The van der Waals surface area contributed by atoms with Crippen LogP contribution in [0.1, 0.15) is 12.1 Å². The number of nitrogens with two attached hydrogens (primary N) is 1. The topological polar surface area (TPSA) is 43.8 Å². The van der Waals surface area contributed by atoms with Gasteiger partial charge in [0.2, 0.25) is 0 Å². The molecule has 0 spiro atoms. The number of rotatable bonds is 3. The first-order valence-electron chi connectivity index (χ1n) is 3.50. The second-order valence-corrected chi connectivity index (χ2v) is 2.42. The average Bonchev–Trinajstić information content (AvgIpc) is 2.31. The van der Waals surface area contributed by atoms with E-state index in [1.807, 2.05) is 24.1 Å². The smallest absolute Gasteiger partial charge is 0.0946 e. The minimum absolute atomic E-state index is 0. The summed E-state index contributed by atoms with van der Waals surface area (Å²) in [5.41, 5.74) is 6.48. The monoisotopic (exact) mass is 211 g/mol. The van der Waals surface area contributed by atoms with E-state index in [-0.39, 0.29) is 24.8 Å². The Morgan fingerprint density at radius 3 is 2.58 bits per heavy atom. The van der Waals surface area contributed by atoms with Crippen LogP contribution in [0.4, 0.5) is 0 Å². The third-order valence-electron chi connectivity index (χ3n) is 1.40. The maximum absolute atomic E-state index is 5.35. The molecule has 5 heteroatoms. The quantitative estimate of drug-likeness (QED) is 0.816. The Hall–Kier alpha value is -0.250. The van der Waals surface area contributed by atoms with Crippen molar-refractivity contribution in [1.29, 1.82) is 0 Å². The zero-order valence-corrected chi connectivity index (χ0v) is 8.70. The molecule has 0 bridgehead atoms. The Bertz CT molecular complexity index is 200. The van der Waals surface area contributed by atoms with Gasteiger partial charge in [0.1, 0.15) is 0 Å². The van der Waals surface area contributed by atoms with E-state index in [9.17, 15) is 0 Å². The molecule has 1 aromatic heterocycles. The molecule has 2 N–H and O–H groups in total. The molecule has 0 aliphatic rings. The predicted molar refractivity (Wildman–Crippen MR) is 55.1 cm³/mol. The molecule has 1 aromatic rings. The van der Waals surface area contributed by atoms with Crippen LogP contribution in [-0.4, -0.2) is 16.1 Å². The maximum Gasteiger partial charge on any atom is 0.0946 e. The van der Waals surface area contributed by atoms with Gasteiger partial charge < -0.3 is 10.3 Å². The third kappa shape index (κ3) is 4.59. The van der Waals surface area contributed by atoms with Crippen LogP contribution in [-0.2, 0) is 13.5 Å². The van der Waals surface area contributed by atoms with Crippen LogP contribution < -0.4 is 5.73 Å². The standard InChI is InChI=1S/C7H13N3.2ClH/c1-10-5-7(9-6-10)3-2-4-8;;/h5-6H,2-4,8H2,1H3;2*1H. The van der Waals surface area contributed by atoms with Crippen molar-refractivity contribution in [3.05, 3.63) is 18.2 Å². The Kier molecular flexibility index (Phi) is 8.81. The molecule has 0 saturated carbocycles. The molecule has 12 heavy (non-hydrogen) atoms. The maximum atomic E-state index is 5.35. The van der Waals surface area contributed by atoms with Crippen molar-refractivity contribution in [2.45, 2.75) is 12.8 Å². The van der Waals surface area contributed by atoms with E-state index in [4.69, 9.17) is 5.73 Å². The Balaban J connectivity index is 0. The highest BCUT2D eigenvalue weighted by atomic mass is 35.5. The van der Waals surface area contributed by atoms with Crippen LogP contribution in [0.2, 0.25) is 0 Å². The van der Waals surface area contributed by atoms with Crippen molar-refractivity contribution >= 4 is 24.8 Å². The number of aryl methyl sites for hydroxylation is 2. The summed E-state index contributed by atoms with van der Waals surface area (Å²) in [6.07, 6.45) is 5.86.